The van der Waals surface area contributed by atoms with Gasteiger partial charge in [-0.05, 0) is 32.2 Å². The maximum Gasteiger partial charge on any atom is 0.266 e. The fourth-order valence-electron chi connectivity index (χ4n) is 2.59. The van der Waals surface area contributed by atoms with Gasteiger partial charge < -0.3 is 9.64 Å². The van der Waals surface area contributed by atoms with Crippen LogP contribution in [0, 0.1) is 6.92 Å². The van der Waals surface area contributed by atoms with Crippen LogP contribution in [0.2, 0.25) is 0 Å². The van der Waals surface area contributed by atoms with Gasteiger partial charge in [0.05, 0.1) is 17.9 Å². The molecule has 0 bridgehead atoms. The molecule has 112 valence electrons. The molecule has 1 aliphatic heterocycles. The lowest BCUT2D eigenvalue weighted by Gasteiger charge is -2.35. The van der Waals surface area contributed by atoms with Crippen molar-refractivity contribution >= 4 is 28.6 Å². The lowest BCUT2D eigenvalue weighted by Crippen LogP contribution is -2.48. The molecule has 1 saturated heterocycles. The summed E-state index contributed by atoms with van der Waals surface area (Å²) < 4.78 is 5.69. The van der Waals surface area contributed by atoms with Crippen LogP contribution in [0.4, 0.5) is 0 Å². The van der Waals surface area contributed by atoms with E-state index < -0.39 is 0 Å². The molecule has 0 N–H and O–H groups in total. The Kier molecular flexibility index (Phi) is 4.10. The molecule has 1 aliphatic rings. The molecule has 3 rings (SSSR count). The van der Waals surface area contributed by atoms with Crippen LogP contribution in [0.15, 0.2) is 16.8 Å². The Hall–Kier alpha value is -1.24. The van der Waals surface area contributed by atoms with Crippen LogP contribution in [0.3, 0.4) is 0 Å². The van der Waals surface area contributed by atoms with Crippen LogP contribution in [-0.2, 0) is 4.74 Å². The summed E-state index contributed by atoms with van der Waals surface area (Å²) in [4.78, 5) is 19.9. The molecular weight excluding hydrogens is 304 g/mol. The van der Waals surface area contributed by atoms with Gasteiger partial charge in [0.2, 0.25) is 0 Å². The van der Waals surface area contributed by atoms with Gasteiger partial charge >= 0.3 is 0 Å². The zero-order chi connectivity index (χ0) is 15.0. The summed E-state index contributed by atoms with van der Waals surface area (Å²) in [5.41, 5.74) is 1.91. The fourth-order valence-corrected chi connectivity index (χ4v) is 4.34. The van der Waals surface area contributed by atoms with E-state index in [4.69, 9.17) is 4.74 Å². The van der Waals surface area contributed by atoms with Crippen LogP contribution in [0.1, 0.15) is 29.2 Å². The van der Waals surface area contributed by atoms with Gasteiger partial charge in [0, 0.05) is 24.0 Å². The second-order valence-electron chi connectivity index (χ2n) is 5.41. The number of aromatic nitrogens is 1. The second kappa shape index (κ2) is 5.87. The number of aryl methyl sites for hydroxylation is 1. The molecule has 2 aromatic rings. The molecule has 2 unspecified atom stereocenters. The number of morpholine rings is 1. The summed E-state index contributed by atoms with van der Waals surface area (Å²) in [7, 11) is 0. The van der Waals surface area contributed by atoms with Gasteiger partial charge in [0.25, 0.3) is 5.91 Å². The van der Waals surface area contributed by atoms with E-state index in [9.17, 15) is 4.79 Å². The molecule has 6 heteroatoms. The Labute approximate surface area is 132 Å². The number of hydrogen-bond donors (Lipinski definition) is 0. The Balaban J connectivity index is 1.85. The molecule has 0 spiro atoms. The molecule has 3 heterocycles. The standard InChI is InChI=1S/C15H18N2O2S2/c1-9-6-17(7-10(2)19-9)15(18)13-11(3)16-14(21-13)12-4-5-20-8-12/h4-5,8-10H,6-7H2,1-3H3. The Morgan fingerprint density at radius 3 is 2.71 bits per heavy atom. The third-order valence-electron chi connectivity index (χ3n) is 3.47. The van der Waals surface area contributed by atoms with Crippen molar-refractivity contribution in [3.8, 4) is 10.6 Å². The van der Waals surface area contributed by atoms with Crippen molar-refractivity contribution in [2.24, 2.45) is 0 Å². The largest absolute Gasteiger partial charge is 0.372 e. The van der Waals surface area contributed by atoms with Gasteiger partial charge in [-0.25, -0.2) is 4.98 Å². The SMILES string of the molecule is Cc1nc(-c2ccsc2)sc1C(=O)N1CC(C)OC(C)C1. The van der Waals surface area contributed by atoms with Gasteiger partial charge in [-0.2, -0.15) is 11.3 Å². The molecular formula is C15H18N2O2S2. The summed E-state index contributed by atoms with van der Waals surface area (Å²) in [6, 6.07) is 2.04. The minimum absolute atomic E-state index is 0.0773. The molecule has 2 atom stereocenters. The Morgan fingerprint density at radius 2 is 2.10 bits per heavy atom. The zero-order valence-electron chi connectivity index (χ0n) is 12.3. The number of carbonyl (C=O) groups excluding carboxylic acids is 1. The van der Waals surface area contributed by atoms with Crippen LogP contribution >= 0.6 is 22.7 Å². The van der Waals surface area contributed by atoms with Crippen molar-refractivity contribution in [1.82, 2.24) is 9.88 Å². The average molecular weight is 322 g/mol. The summed E-state index contributed by atoms with van der Waals surface area (Å²) in [6.45, 7) is 7.22. The monoisotopic (exact) mass is 322 g/mol. The maximum atomic E-state index is 12.7. The van der Waals surface area contributed by atoms with Crippen molar-refractivity contribution < 1.29 is 9.53 Å². The lowest BCUT2D eigenvalue weighted by atomic mass is 10.2. The van der Waals surface area contributed by atoms with Crippen LogP contribution in [-0.4, -0.2) is 41.1 Å². The normalized spacial score (nSPS) is 22.5. The molecule has 0 aromatic carbocycles. The molecule has 1 fully saturated rings. The van der Waals surface area contributed by atoms with Crippen LogP contribution < -0.4 is 0 Å². The van der Waals surface area contributed by atoms with E-state index in [1.165, 1.54) is 11.3 Å². The first-order valence-corrected chi connectivity index (χ1v) is 8.75. The Bertz CT molecular complexity index is 626. The summed E-state index contributed by atoms with van der Waals surface area (Å²) in [6.07, 6.45) is 0.171. The number of amides is 1. The number of thiophene rings is 1. The van der Waals surface area contributed by atoms with Gasteiger partial charge in [-0.3, -0.25) is 4.79 Å². The van der Waals surface area contributed by atoms with E-state index in [1.807, 2.05) is 37.1 Å². The van der Waals surface area contributed by atoms with Crippen molar-refractivity contribution in [1.29, 1.82) is 0 Å². The molecule has 4 nitrogen and oxygen atoms in total. The highest BCUT2D eigenvalue weighted by atomic mass is 32.1. The molecule has 2 aromatic heterocycles. The first-order valence-electron chi connectivity index (χ1n) is 6.99. The van der Waals surface area contributed by atoms with E-state index >= 15 is 0 Å². The van der Waals surface area contributed by atoms with E-state index in [0.717, 1.165) is 21.1 Å². The number of hydrogen-bond acceptors (Lipinski definition) is 5. The third kappa shape index (κ3) is 3.02. The van der Waals surface area contributed by atoms with Crippen LogP contribution in [0.5, 0.6) is 0 Å². The molecule has 1 amide bonds. The van der Waals surface area contributed by atoms with Gasteiger partial charge in [-0.1, -0.05) is 0 Å². The third-order valence-corrected chi connectivity index (χ3v) is 5.34. The van der Waals surface area contributed by atoms with E-state index in [0.29, 0.717) is 13.1 Å². The van der Waals surface area contributed by atoms with Gasteiger partial charge in [0.1, 0.15) is 9.88 Å². The van der Waals surface area contributed by atoms with E-state index in [-0.39, 0.29) is 18.1 Å². The highest BCUT2D eigenvalue weighted by Crippen LogP contribution is 2.30. The molecule has 0 aliphatic carbocycles. The van der Waals surface area contributed by atoms with Gasteiger partial charge in [0.15, 0.2) is 0 Å². The van der Waals surface area contributed by atoms with Gasteiger partial charge in [-0.15, -0.1) is 11.3 Å². The van der Waals surface area contributed by atoms with Crippen molar-refractivity contribution in [2.75, 3.05) is 13.1 Å². The van der Waals surface area contributed by atoms with E-state index in [1.54, 1.807) is 11.3 Å². The molecule has 0 radical (unpaired) electrons. The number of ether oxygens (including phenoxy) is 1. The summed E-state index contributed by atoms with van der Waals surface area (Å²) >= 11 is 3.13. The lowest BCUT2D eigenvalue weighted by molar-refractivity contribution is -0.0585. The predicted molar refractivity (Wildman–Crippen MR) is 86.1 cm³/mol. The molecule has 21 heavy (non-hydrogen) atoms. The summed E-state index contributed by atoms with van der Waals surface area (Å²) in [5.74, 6) is 0.0773. The van der Waals surface area contributed by atoms with Crippen molar-refractivity contribution in [2.45, 2.75) is 33.0 Å². The smallest absolute Gasteiger partial charge is 0.266 e. The van der Waals surface area contributed by atoms with Crippen molar-refractivity contribution in [3.63, 3.8) is 0 Å². The first-order chi connectivity index (χ1) is 10.0. The highest BCUT2D eigenvalue weighted by molar-refractivity contribution is 7.17. The predicted octanol–water partition coefficient (Wildman–Crippen LogP) is 3.43. The Morgan fingerprint density at radius 1 is 1.38 bits per heavy atom. The second-order valence-corrected chi connectivity index (χ2v) is 7.19. The number of nitrogens with zero attached hydrogens (tertiary/aromatic N) is 2. The number of rotatable bonds is 2. The zero-order valence-corrected chi connectivity index (χ0v) is 14.0. The summed E-state index contributed by atoms with van der Waals surface area (Å²) in [5, 5.41) is 5.01. The van der Waals surface area contributed by atoms with Crippen molar-refractivity contribution in [3.05, 3.63) is 27.4 Å². The molecule has 0 saturated carbocycles. The fraction of sp³-hybridized carbons (Fsp3) is 0.467. The topological polar surface area (TPSA) is 42.4 Å². The number of thiazole rings is 1. The average Bonchev–Trinajstić information content (AvgIpc) is 3.05. The minimum Gasteiger partial charge on any atom is -0.372 e. The van der Waals surface area contributed by atoms with E-state index in [2.05, 4.69) is 10.4 Å². The highest BCUT2D eigenvalue weighted by Gasteiger charge is 2.29. The first kappa shape index (κ1) is 14.7. The van der Waals surface area contributed by atoms with Crippen LogP contribution in [0.25, 0.3) is 10.6 Å². The minimum atomic E-state index is 0.0773. The number of carbonyl (C=O) groups is 1. The quantitative estimate of drug-likeness (QED) is 0.851. The maximum absolute atomic E-state index is 12.7.